The molecule has 1 saturated carbocycles. The molecule has 1 aliphatic carbocycles. The molecule has 0 bridgehead atoms. The van der Waals surface area contributed by atoms with Crippen LogP contribution in [0.25, 0.3) is 0 Å². The number of nitrogens with one attached hydrogen (secondary N) is 1. The van der Waals surface area contributed by atoms with E-state index in [1.165, 1.54) is 19.3 Å². The van der Waals surface area contributed by atoms with E-state index >= 15 is 0 Å². The van der Waals surface area contributed by atoms with Crippen LogP contribution in [0.15, 0.2) is 24.4 Å². The van der Waals surface area contributed by atoms with Gasteiger partial charge in [-0.2, -0.15) is 26.3 Å². The summed E-state index contributed by atoms with van der Waals surface area (Å²) in [6.07, 6.45) is -4.39. The van der Waals surface area contributed by atoms with E-state index in [-0.39, 0.29) is 11.8 Å². The highest BCUT2D eigenvalue weighted by atomic mass is 19.4. The summed E-state index contributed by atoms with van der Waals surface area (Å²) in [5.41, 5.74) is 0.900. The SMILES string of the molecule is O=C(NCc1ccccn1)[C@H]1COC[C@H]2CN(C3CCC3)C[C@H]21.O=C(O)C(F)(F)F.O=C(O)C(F)(F)F. The third-order valence-corrected chi connectivity index (χ3v) is 6.25. The molecule has 4 rings (SSSR count). The van der Waals surface area contributed by atoms with E-state index in [1.807, 2.05) is 18.2 Å². The number of aromatic nitrogens is 1. The number of carboxylic acids is 2. The molecule has 3 fully saturated rings. The van der Waals surface area contributed by atoms with E-state index in [9.17, 15) is 31.1 Å². The predicted molar refractivity (Wildman–Crippen MR) is 114 cm³/mol. The zero-order valence-corrected chi connectivity index (χ0v) is 19.5. The molecule has 2 saturated heterocycles. The van der Waals surface area contributed by atoms with Crippen molar-refractivity contribution in [3.63, 3.8) is 0 Å². The lowest BCUT2D eigenvalue weighted by molar-refractivity contribution is -0.193. The molecule has 208 valence electrons. The number of carboxylic acid groups (broad SMARTS) is 2. The molecule has 1 amide bonds. The van der Waals surface area contributed by atoms with Gasteiger partial charge in [-0.3, -0.25) is 14.7 Å². The molecule has 3 N–H and O–H groups in total. The first-order valence-electron chi connectivity index (χ1n) is 11.3. The fourth-order valence-electron chi connectivity index (χ4n) is 4.16. The highest BCUT2D eigenvalue weighted by Gasteiger charge is 2.46. The third kappa shape index (κ3) is 9.46. The van der Waals surface area contributed by atoms with Gasteiger partial charge in [-0.1, -0.05) is 12.5 Å². The predicted octanol–water partition coefficient (Wildman–Crippen LogP) is 2.71. The van der Waals surface area contributed by atoms with Crippen molar-refractivity contribution in [2.45, 2.75) is 44.2 Å². The topological polar surface area (TPSA) is 129 Å². The number of aliphatic carboxylic acids is 2. The Kier molecular flexibility index (Phi) is 10.7. The van der Waals surface area contributed by atoms with Gasteiger partial charge >= 0.3 is 24.3 Å². The van der Waals surface area contributed by atoms with Crippen LogP contribution in [0.4, 0.5) is 26.3 Å². The number of hydrogen-bond donors (Lipinski definition) is 3. The standard InChI is InChI=1S/C18H25N3O2.2C2HF3O2/c22-18(20-8-14-4-1-2-7-19-14)17-12-23-11-13-9-21(10-16(13)17)15-5-3-6-15;2*3-2(4,5)1(6)7/h1-2,4,7,13,15-17H,3,5-6,8-12H2,(H,20,22);2*(H,6,7)/t13-,16-,17+;;/m1../s1. The van der Waals surface area contributed by atoms with Crippen molar-refractivity contribution in [3.05, 3.63) is 30.1 Å². The lowest BCUT2D eigenvalue weighted by Crippen LogP contribution is -2.44. The van der Waals surface area contributed by atoms with Gasteiger partial charge < -0.3 is 20.3 Å². The molecular weight excluding hydrogens is 516 g/mol. The molecule has 0 radical (unpaired) electrons. The highest BCUT2D eigenvalue weighted by Crippen LogP contribution is 2.38. The molecule has 0 aromatic carbocycles. The van der Waals surface area contributed by atoms with Gasteiger partial charge in [-0.15, -0.1) is 0 Å². The molecule has 9 nitrogen and oxygen atoms in total. The van der Waals surface area contributed by atoms with E-state index in [2.05, 4.69) is 15.2 Å². The van der Waals surface area contributed by atoms with E-state index < -0.39 is 24.3 Å². The van der Waals surface area contributed by atoms with Crippen molar-refractivity contribution in [3.8, 4) is 0 Å². The minimum atomic E-state index is -5.08. The van der Waals surface area contributed by atoms with Gasteiger partial charge in [-0.25, -0.2) is 9.59 Å². The molecular formula is C22H27F6N3O6. The van der Waals surface area contributed by atoms with Crippen LogP contribution >= 0.6 is 0 Å². The number of fused-ring (bicyclic) bond motifs is 1. The number of hydrogen-bond acceptors (Lipinski definition) is 6. The Hall–Kier alpha value is -2.94. The Balaban J connectivity index is 0.000000286. The molecule has 1 aromatic heterocycles. The summed E-state index contributed by atoms with van der Waals surface area (Å²) < 4.78 is 69.2. The number of halogens is 6. The number of pyridine rings is 1. The van der Waals surface area contributed by atoms with Gasteiger partial charge in [0, 0.05) is 25.3 Å². The lowest BCUT2D eigenvalue weighted by atomic mass is 9.82. The van der Waals surface area contributed by atoms with Gasteiger partial charge in [0.05, 0.1) is 31.4 Å². The summed E-state index contributed by atoms with van der Waals surface area (Å²) in [4.78, 5) is 37.3. The van der Waals surface area contributed by atoms with Crippen LogP contribution in [-0.4, -0.2) is 82.6 Å². The van der Waals surface area contributed by atoms with Crippen molar-refractivity contribution in [1.82, 2.24) is 15.2 Å². The van der Waals surface area contributed by atoms with Crippen molar-refractivity contribution in [2.75, 3.05) is 26.3 Å². The molecule has 37 heavy (non-hydrogen) atoms. The molecule has 3 atom stereocenters. The summed E-state index contributed by atoms with van der Waals surface area (Å²) in [5, 5.41) is 17.3. The number of likely N-dealkylation sites (tertiary alicyclic amines) is 1. The Bertz CT molecular complexity index is 886. The Morgan fingerprint density at radius 3 is 2.05 bits per heavy atom. The van der Waals surface area contributed by atoms with Crippen molar-refractivity contribution in [1.29, 1.82) is 0 Å². The van der Waals surface area contributed by atoms with Crippen molar-refractivity contribution in [2.24, 2.45) is 17.8 Å². The number of rotatable bonds is 4. The maximum atomic E-state index is 12.6. The Morgan fingerprint density at radius 2 is 1.59 bits per heavy atom. The van der Waals surface area contributed by atoms with Crippen molar-refractivity contribution >= 4 is 17.8 Å². The second kappa shape index (κ2) is 13.0. The monoisotopic (exact) mass is 543 g/mol. The van der Waals surface area contributed by atoms with Gasteiger partial charge in [0.2, 0.25) is 5.91 Å². The molecule has 15 heteroatoms. The minimum absolute atomic E-state index is 0.0115. The number of ether oxygens (including phenoxy) is 1. The normalized spacial score (nSPS) is 23.8. The number of amides is 1. The third-order valence-electron chi connectivity index (χ3n) is 6.25. The fraction of sp³-hybridized carbons (Fsp3) is 0.636. The van der Waals surface area contributed by atoms with Crippen LogP contribution in [0.3, 0.4) is 0 Å². The van der Waals surface area contributed by atoms with Crippen LogP contribution < -0.4 is 5.32 Å². The number of carbonyl (C=O) groups is 3. The van der Waals surface area contributed by atoms with Crippen LogP contribution in [0.2, 0.25) is 0 Å². The van der Waals surface area contributed by atoms with Crippen molar-refractivity contribution < 1.29 is 55.7 Å². The first kappa shape index (κ1) is 30.3. The molecule has 1 aromatic rings. The smallest absolute Gasteiger partial charge is 0.475 e. The quantitative estimate of drug-likeness (QED) is 0.495. The summed E-state index contributed by atoms with van der Waals surface area (Å²) in [6, 6.07) is 6.53. The summed E-state index contributed by atoms with van der Waals surface area (Å²) in [5.74, 6) is -4.42. The Labute approximate surface area is 207 Å². The van der Waals surface area contributed by atoms with Crippen LogP contribution in [0.1, 0.15) is 25.0 Å². The van der Waals surface area contributed by atoms with E-state index in [1.54, 1.807) is 6.20 Å². The van der Waals surface area contributed by atoms with Crippen LogP contribution in [0, 0.1) is 17.8 Å². The summed E-state index contributed by atoms with van der Waals surface area (Å²) >= 11 is 0. The van der Waals surface area contributed by atoms with Gasteiger partial charge in [0.1, 0.15) is 0 Å². The molecule has 3 heterocycles. The molecule has 2 aliphatic heterocycles. The zero-order chi connectivity index (χ0) is 27.8. The highest BCUT2D eigenvalue weighted by molar-refractivity contribution is 5.79. The van der Waals surface area contributed by atoms with E-state index in [0.717, 1.165) is 31.4 Å². The number of carbonyl (C=O) groups excluding carboxylic acids is 1. The van der Waals surface area contributed by atoms with Gasteiger partial charge in [0.15, 0.2) is 0 Å². The molecule has 0 unspecified atom stereocenters. The Morgan fingerprint density at radius 1 is 1.00 bits per heavy atom. The molecule has 0 spiro atoms. The first-order chi connectivity index (χ1) is 17.2. The summed E-state index contributed by atoms with van der Waals surface area (Å²) in [7, 11) is 0. The van der Waals surface area contributed by atoms with Crippen LogP contribution in [0.5, 0.6) is 0 Å². The molecule has 3 aliphatic rings. The van der Waals surface area contributed by atoms with Gasteiger partial charge in [-0.05, 0) is 36.8 Å². The van der Waals surface area contributed by atoms with E-state index in [0.29, 0.717) is 25.0 Å². The first-order valence-corrected chi connectivity index (χ1v) is 11.3. The fourth-order valence-corrected chi connectivity index (χ4v) is 4.16. The average Bonchev–Trinajstić information content (AvgIpc) is 3.20. The summed E-state index contributed by atoms with van der Waals surface area (Å²) in [6.45, 7) is 4.06. The minimum Gasteiger partial charge on any atom is -0.475 e. The largest absolute Gasteiger partial charge is 0.490 e. The average molecular weight is 543 g/mol. The van der Waals surface area contributed by atoms with Crippen LogP contribution in [-0.2, 0) is 25.7 Å². The van der Waals surface area contributed by atoms with E-state index in [4.69, 9.17) is 24.5 Å². The van der Waals surface area contributed by atoms with Gasteiger partial charge in [0.25, 0.3) is 0 Å². The second-order valence-electron chi connectivity index (χ2n) is 8.75. The zero-order valence-electron chi connectivity index (χ0n) is 19.5. The second-order valence-corrected chi connectivity index (χ2v) is 8.75. The maximum Gasteiger partial charge on any atom is 0.490 e. The maximum absolute atomic E-state index is 12.6. The number of alkyl halides is 6. The number of nitrogens with zero attached hydrogens (tertiary/aromatic N) is 2. The lowest BCUT2D eigenvalue weighted by Gasteiger charge is -2.35.